The third kappa shape index (κ3) is 2.12. The zero-order valence-corrected chi connectivity index (χ0v) is 14.3. The molecular weight excluding hydrogens is 318 g/mol. The molecule has 1 spiro atoms. The van der Waals surface area contributed by atoms with Gasteiger partial charge in [-0.3, -0.25) is 9.59 Å². The highest BCUT2D eigenvalue weighted by atomic mass is 16.5. The molecule has 0 aliphatic carbocycles. The number of aliphatic carboxylic acids is 1. The minimum atomic E-state index is -0.977. The summed E-state index contributed by atoms with van der Waals surface area (Å²) in [5.74, 6) is -2.67. The third-order valence-electron chi connectivity index (χ3n) is 5.53. The number of carboxylic acids is 1. The molecule has 1 N–H and O–H groups in total. The van der Waals surface area contributed by atoms with Gasteiger partial charge < -0.3 is 14.7 Å². The van der Waals surface area contributed by atoms with Gasteiger partial charge in [0.1, 0.15) is 11.5 Å². The summed E-state index contributed by atoms with van der Waals surface area (Å²) in [4.78, 5) is 26.8. The largest absolute Gasteiger partial charge is 0.481 e. The van der Waals surface area contributed by atoms with E-state index in [0.717, 1.165) is 16.8 Å². The molecule has 4 rings (SSSR count). The maximum atomic E-state index is 13.3. The lowest BCUT2D eigenvalue weighted by Gasteiger charge is -2.33. The number of hydrogen-bond acceptors (Lipinski definition) is 3. The molecule has 2 bridgehead atoms. The molecule has 0 aromatic heterocycles. The second-order valence-electron chi connectivity index (χ2n) is 7.36. The minimum absolute atomic E-state index is 0.170. The lowest BCUT2D eigenvalue weighted by Crippen LogP contribution is -2.45. The van der Waals surface area contributed by atoms with Crippen molar-refractivity contribution in [3.05, 3.63) is 54.1 Å². The van der Waals surface area contributed by atoms with Crippen molar-refractivity contribution in [2.75, 3.05) is 4.90 Å². The van der Waals surface area contributed by atoms with Gasteiger partial charge in [-0.15, -0.1) is 6.58 Å². The zero-order valence-electron chi connectivity index (χ0n) is 14.3. The smallest absolute Gasteiger partial charge is 0.310 e. The highest BCUT2D eigenvalue weighted by Gasteiger charge is 2.71. The average molecular weight is 339 g/mol. The van der Waals surface area contributed by atoms with Crippen LogP contribution in [0.25, 0.3) is 0 Å². The first-order valence-electron chi connectivity index (χ1n) is 8.49. The van der Waals surface area contributed by atoms with Crippen molar-refractivity contribution in [1.82, 2.24) is 0 Å². The number of hydrogen-bond donors (Lipinski definition) is 1. The third-order valence-corrected chi connectivity index (χ3v) is 5.53. The van der Waals surface area contributed by atoms with E-state index in [2.05, 4.69) is 6.58 Å². The molecule has 0 unspecified atom stereocenters. The number of aryl methyl sites for hydroxylation is 1. The standard InChI is InChI=1S/C20H21NO4/c1-11(2)9-15-20-8-7-14(25-20)16(19(23)24)17(20)18(22)21(15)13-6-4-5-12(3)10-13/h4-8,10,14-17H,1,9H2,2-3H3,(H,23,24)/t14-,15-,16+,17+,20-/m0/s1. The summed E-state index contributed by atoms with van der Waals surface area (Å²) >= 11 is 0. The van der Waals surface area contributed by atoms with Crippen LogP contribution in [0.2, 0.25) is 0 Å². The summed E-state index contributed by atoms with van der Waals surface area (Å²) < 4.78 is 6.13. The summed E-state index contributed by atoms with van der Waals surface area (Å²) in [6.07, 6.45) is 3.75. The topological polar surface area (TPSA) is 66.8 Å². The molecular formula is C20H21NO4. The van der Waals surface area contributed by atoms with Crippen LogP contribution in [-0.4, -0.2) is 34.7 Å². The van der Waals surface area contributed by atoms with E-state index in [4.69, 9.17) is 4.74 Å². The van der Waals surface area contributed by atoms with Crippen LogP contribution in [-0.2, 0) is 14.3 Å². The van der Waals surface area contributed by atoms with Crippen molar-refractivity contribution in [1.29, 1.82) is 0 Å². The fourth-order valence-corrected chi connectivity index (χ4v) is 4.60. The zero-order chi connectivity index (χ0) is 17.9. The molecule has 1 aromatic rings. The van der Waals surface area contributed by atoms with E-state index >= 15 is 0 Å². The first kappa shape index (κ1) is 16.1. The van der Waals surface area contributed by atoms with Crippen LogP contribution in [0.1, 0.15) is 18.9 Å². The van der Waals surface area contributed by atoms with Gasteiger partial charge in [-0.05, 0) is 38.0 Å². The Morgan fingerprint density at radius 2 is 2.20 bits per heavy atom. The number of anilines is 1. The molecule has 1 amide bonds. The van der Waals surface area contributed by atoms with E-state index in [1.165, 1.54) is 0 Å². The van der Waals surface area contributed by atoms with Crippen LogP contribution < -0.4 is 4.90 Å². The monoisotopic (exact) mass is 339 g/mol. The van der Waals surface area contributed by atoms with Crippen LogP contribution in [0.15, 0.2) is 48.6 Å². The van der Waals surface area contributed by atoms with Gasteiger partial charge in [0, 0.05) is 5.69 Å². The van der Waals surface area contributed by atoms with Crippen LogP contribution in [0.4, 0.5) is 5.69 Å². The second-order valence-corrected chi connectivity index (χ2v) is 7.36. The molecule has 0 saturated carbocycles. The van der Waals surface area contributed by atoms with Gasteiger partial charge in [-0.25, -0.2) is 0 Å². The molecule has 1 aromatic carbocycles. The number of nitrogens with zero attached hydrogens (tertiary/aromatic N) is 1. The number of carbonyl (C=O) groups excluding carboxylic acids is 1. The van der Waals surface area contributed by atoms with Crippen LogP contribution in [0, 0.1) is 18.8 Å². The Balaban J connectivity index is 1.85. The SMILES string of the molecule is C=C(C)C[C@@H]1N(c2cccc(C)c2)C(=O)[C@H]2[C@H](C(=O)O)[C@@H]3C=C[C@]12O3. The molecule has 5 nitrogen and oxygen atoms in total. The van der Waals surface area contributed by atoms with E-state index in [0.29, 0.717) is 6.42 Å². The Kier molecular flexibility index (Phi) is 3.41. The number of carboxylic acid groups (broad SMARTS) is 1. The first-order chi connectivity index (χ1) is 11.8. The summed E-state index contributed by atoms with van der Waals surface area (Å²) in [5, 5.41) is 9.66. The highest BCUT2D eigenvalue weighted by Crippen LogP contribution is 2.56. The van der Waals surface area contributed by atoms with E-state index < -0.39 is 29.5 Å². The number of ether oxygens (including phenoxy) is 1. The second kappa shape index (κ2) is 5.30. The van der Waals surface area contributed by atoms with Crippen LogP contribution in [0.3, 0.4) is 0 Å². The van der Waals surface area contributed by atoms with Gasteiger partial charge >= 0.3 is 5.97 Å². The van der Waals surface area contributed by atoms with E-state index in [1.807, 2.05) is 44.2 Å². The molecule has 25 heavy (non-hydrogen) atoms. The predicted molar refractivity (Wildman–Crippen MR) is 93.2 cm³/mol. The van der Waals surface area contributed by atoms with Crippen LogP contribution >= 0.6 is 0 Å². The Bertz CT molecular complexity index is 814. The summed E-state index contributed by atoms with van der Waals surface area (Å²) in [6.45, 7) is 7.89. The summed E-state index contributed by atoms with van der Waals surface area (Å²) in [7, 11) is 0. The number of rotatable bonds is 4. The fourth-order valence-electron chi connectivity index (χ4n) is 4.60. The minimum Gasteiger partial charge on any atom is -0.481 e. The van der Waals surface area contributed by atoms with Crippen molar-refractivity contribution < 1.29 is 19.4 Å². The molecule has 3 aliphatic heterocycles. The Morgan fingerprint density at radius 3 is 2.84 bits per heavy atom. The molecule has 2 saturated heterocycles. The van der Waals surface area contributed by atoms with Gasteiger partial charge in [0.15, 0.2) is 0 Å². The predicted octanol–water partition coefficient (Wildman–Crippen LogP) is 2.70. The van der Waals surface area contributed by atoms with Crippen molar-refractivity contribution in [2.24, 2.45) is 11.8 Å². The van der Waals surface area contributed by atoms with E-state index in [9.17, 15) is 14.7 Å². The first-order valence-corrected chi connectivity index (χ1v) is 8.49. The van der Waals surface area contributed by atoms with Crippen molar-refractivity contribution >= 4 is 17.6 Å². The lowest BCUT2D eigenvalue weighted by molar-refractivity contribution is -0.146. The molecule has 0 radical (unpaired) electrons. The van der Waals surface area contributed by atoms with Crippen molar-refractivity contribution in [3.63, 3.8) is 0 Å². The molecule has 3 heterocycles. The van der Waals surface area contributed by atoms with Gasteiger partial charge in [-0.2, -0.15) is 0 Å². The number of fused-ring (bicyclic) bond motifs is 1. The summed E-state index contributed by atoms with van der Waals surface area (Å²) in [6, 6.07) is 7.44. The van der Waals surface area contributed by atoms with Gasteiger partial charge in [0.2, 0.25) is 5.91 Å². The maximum absolute atomic E-state index is 13.3. The molecule has 5 heteroatoms. The molecule has 130 valence electrons. The number of amides is 1. The maximum Gasteiger partial charge on any atom is 0.310 e. The quantitative estimate of drug-likeness (QED) is 0.857. The normalized spacial score (nSPS) is 35.3. The van der Waals surface area contributed by atoms with E-state index in [-0.39, 0.29) is 11.9 Å². The van der Waals surface area contributed by atoms with Crippen LogP contribution in [0.5, 0.6) is 0 Å². The highest BCUT2D eigenvalue weighted by molar-refractivity contribution is 6.03. The van der Waals surface area contributed by atoms with E-state index in [1.54, 1.807) is 11.0 Å². The van der Waals surface area contributed by atoms with Crippen molar-refractivity contribution in [2.45, 2.75) is 38.0 Å². The molecule has 2 fully saturated rings. The van der Waals surface area contributed by atoms with Crippen molar-refractivity contribution in [3.8, 4) is 0 Å². The van der Waals surface area contributed by atoms with Gasteiger partial charge in [0.05, 0.1) is 18.1 Å². The Morgan fingerprint density at radius 1 is 1.44 bits per heavy atom. The summed E-state index contributed by atoms with van der Waals surface area (Å²) in [5.41, 5.74) is 1.88. The average Bonchev–Trinajstić information content (AvgIpc) is 3.16. The number of carbonyl (C=O) groups is 2. The Labute approximate surface area is 146 Å². The lowest BCUT2D eigenvalue weighted by atomic mass is 9.74. The fraction of sp³-hybridized carbons (Fsp3) is 0.400. The number of benzene rings is 1. The van der Waals surface area contributed by atoms with Gasteiger partial charge in [0.25, 0.3) is 0 Å². The Hall–Kier alpha value is -2.40. The molecule has 3 aliphatic rings. The van der Waals surface area contributed by atoms with Gasteiger partial charge in [-0.1, -0.05) is 29.9 Å². The molecule has 5 atom stereocenters.